The third kappa shape index (κ3) is 5.02. The maximum atomic E-state index is 11.6. The number of rotatable bonds is 5. The Labute approximate surface area is 125 Å². The molecule has 0 saturated carbocycles. The number of carbonyl (C=O) groups is 1. The number of alkyl halides is 1. The van der Waals surface area contributed by atoms with Crippen molar-refractivity contribution >= 4 is 17.6 Å². The van der Waals surface area contributed by atoms with Gasteiger partial charge in [0, 0.05) is 31.6 Å². The molecule has 2 rings (SSSR count). The summed E-state index contributed by atoms with van der Waals surface area (Å²) in [7, 11) is 0. The molecule has 2 N–H and O–H groups in total. The Bertz CT molecular complexity index is 413. The van der Waals surface area contributed by atoms with E-state index < -0.39 is 0 Å². The summed E-state index contributed by atoms with van der Waals surface area (Å²) < 4.78 is 0. The zero-order valence-corrected chi connectivity index (χ0v) is 12.4. The van der Waals surface area contributed by atoms with Crippen LogP contribution in [0.2, 0.25) is 0 Å². The lowest BCUT2D eigenvalue weighted by atomic mass is 10.0. The summed E-state index contributed by atoms with van der Waals surface area (Å²) in [5, 5.41) is 5.76. The molecule has 0 radical (unpaired) electrons. The number of piperidine rings is 1. The Hall–Kier alpha value is -1.26. The summed E-state index contributed by atoms with van der Waals surface area (Å²) >= 11 is 5.55. The van der Waals surface area contributed by atoms with Crippen molar-refractivity contribution in [1.29, 1.82) is 0 Å². The highest BCUT2D eigenvalue weighted by molar-refractivity contribution is 6.18. The number of likely N-dealkylation sites (tertiary alicyclic amines) is 1. The largest absolute Gasteiger partial charge is 0.337 e. The number of amides is 2. The average Bonchev–Trinajstić information content (AvgIpc) is 2.46. The molecule has 1 aliphatic heterocycles. The van der Waals surface area contributed by atoms with Gasteiger partial charge in [-0.2, -0.15) is 0 Å². The van der Waals surface area contributed by atoms with Crippen molar-refractivity contribution in [3.05, 3.63) is 35.9 Å². The molecule has 1 aromatic carbocycles. The maximum Gasteiger partial charge on any atom is 0.315 e. The minimum atomic E-state index is -0.114. The van der Waals surface area contributed by atoms with E-state index in [9.17, 15) is 4.79 Å². The molecule has 1 fully saturated rings. The van der Waals surface area contributed by atoms with Gasteiger partial charge in [0.05, 0.1) is 0 Å². The molecule has 1 atom stereocenters. The first-order valence-electron chi connectivity index (χ1n) is 7.14. The molecule has 5 heteroatoms. The Morgan fingerprint density at radius 2 is 2.15 bits per heavy atom. The maximum absolute atomic E-state index is 11.6. The monoisotopic (exact) mass is 295 g/mol. The Morgan fingerprint density at radius 3 is 2.90 bits per heavy atom. The zero-order valence-electron chi connectivity index (χ0n) is 11.6. The zero-order chi connectivity index (χ0) is 14.2. The summed E-state index contributed by atoms with van der Waals surface area (Å²) in [5.41, 5.74) is 1.32. The number of benzene rings is 1. The van der Waals surface area contributed by atoms with Crippen molar-refractivity contribution in [2.45, 2.75) is 25.4 Å². The second-order valence-electron chi connectivity index (χ2n) is 5.15. The SMILES string of the molecule is O=C(NCCCl)N[C@H]1CCCN(Cc2ccccc2)C1. The van der Waals surface area contributed by atoms with Gasteiger partial charge in [-0.3, -0.25) is 4.90 Å². The molecule has 0 aliphatic carbocycles. The Kier molecular flexibility index (Phi) is 6.15. The normalized spacial score (nSPS) is 19.6. The topological polar surface area (TPSA) is 44.4 Å². The van der Waals surface area contributed by atoms with Gasteiger partial charge in [0.25, 0.3) is 0 Å². The molecule has 110 valence electrons. The van der Waals surface area contributed by atoms with Crippen molar-refractivity contribution in [3.63, 3.8) is 0 Å². The van der Waals surface area contributed by atoms with E-state index in [1.54, 1.807) is 0 Å². The molecule has 0 spiro atoms. The van der Waals surface area contributed by atoms with E-state index in [4.69, 9.17) is 11.6 Å². The molecule has 2 amide bonds. The standard InChI is InChI=1S/C15H22ClN3O/c16-8-9-17-15(20)18-14-7-4-10-19(12-14)11-13-5-2-1-3-6-13/h1-3,5-6,14H,4,7-12H2,(H2,17,18,20)/t14-/m0/s1. The first kappa shape index (κ1) is 15.1. The first-order chi connectivity index (χ1) is 9.78. The van der Waals surface area contributed by atoms with Gasteiger partial charge in [-0.1, -0.05) is 30.3 Å². The van der Waals surface area contributed by atoms with Crippen LogP contribution >= 0.6 is 11.6 Å². The molecule has 0 bridgehead atoms. The summed E-state index contributed by atoms with van der Waals surface area (Å²) in [6, 6.07) is 10.6. The van der Waals surface area contributed by atoms with Crippen LogP contribution in [0.4, 0.5) is 4.79 Å². The minimum absolute atomic E-state index is 0.114. The average molecular weight is 296 g/mol. The van der Waals surface area contributed by atoms with E-state index in [1.165, 1.54) is 5.56 Å². The fourth-order valence-electron chi connectivity index (χ4n) is 2.56. The van der Waals surface area contributed by atoms with Crippen molar-refractivity contribution in [2.24, 2.45) is 0 Å². The number of carbonyl (C=O) groups excluding carboxylic acids is 1. The molecule has 1 aliphatic rings. The lowest BCUT2D eigenvalue weighted by Crippen LogP contribution is -2.50. The highest BCUT2D eigenvalue weighted by atomic mass is 35.5. The van der Waals surface area contributed by atoms with E-state index in [0.29, 0.717) is 12.4 Å². The minimum Gasteiger partial charge on any atom is -0.337 e. The Balaban J connectivity index is 1.78. The van der Waals surface area contributed by atoms with Crippen molar-refractivity contribution < 1.29 is 4.79 Å². The summed E-state index contributed by atoms with van der Waals surface area (Å²) in [6.07, 6.45) is 2.16. The van der Waals surface area contributed by atoms with Crippen LogP contribution in [0.3, 0.4) is 0 Å². The van der Waals surface area contributed by atoms with Gasteiger partial charge in [0.15, 0.2) is 0 Å². The van der Waals surface area contributed by atoms with Crippen LogP contribution in [0, 0.1) is 0 Å². The van der Waals surface area contributed by atoms with Gasteiger partial charge in [-0.25, -0.2) is 4.79 Å². The van der Waals surface area contributed by atoms with Gasteiger partial charge >= 0.3 is 6.03 Å². The van der Waals surface area contributed by atoms with Crippen LogP contribution in [-0.4, -0.2) is 42.5 Å². The molecule has 1 heterocycles. The molecular formula is C15H22ClN3O. The van der Waals surface area contributed by atoms with Gasteiger partial charge < -0.3 is 10.6 Å². The predicted molar refractivity (Wildman–Crippen MR) is 82.0 cm³/mol. The predicted octanol–water partition coefficient (Wildman–Crippen LogP) is 2.19. The lowest BCUT2D eigenvalue weighted by Gasteiger charge is -2.33. The van der Waals surface area contributed by atoms with Gasteiger partial charge in [-0.05, 0) is 24.9 Å². The summed E-state index contributed by atoms with van der Waals surface area (Å²) in [5.74, 6) is 0.443. The number of halogens is 1. The molecular weight excluding hydrogens is 274 g/mol. The molecule has 0 unspecified atom stereocenters. The molecule has 4 nitrogen and oxygen atoms in total. The fraction of sp³-hybridized carbons (Fsp3) is 0.533. The van der Waals surface area contributed by atoms with Gasteiger partial charge in [-0.15, -0.1) is 11.6 Å². The van der Waals surface area contributed by atoms with Crippen molar-refractivity contribution in [3.8, 4) is 0 Å². The first-order valence-corrected chi connectivity index (χ1v) is 7.68. The molecule has 1 saturated heterocycles. The highest BCUT2D eigenvalue weighted by Crippen LogP contribution is 2.13. The summed E-state index contributed by atoms with van der Waals surface area (Å²) in [6.45, 7) is 3.45. The smallest absolute Gasteiger partial charge is 0.315 e. The number of urea groups is 1. The van der Waals surface area contributed by atoms with Crippen LogP contribution in [-0.2, 0) is 6.54 Å². The molecule has 1 aromatic rings. The Morgan fingerprint density at radius 1 is 1.35 bits per heavy atom. The van der Waals surface area contributed by atoms with Gasteiger partial charge in [0.1, 0.15) is 0 Å². The number of nitrogens with zero attached hydrogens (tertiary/aromatic N) is 1. The van der Waals surface area contributed by atoms with Crippen LogP contribution in [0.5, 0.6) is 0 Å². The second-order valence-corrected chi connectivity index (χ2v) is 5.53. The van der Waals surface area contributed by atoms with Gasteiger partial charge in [0.2, 0.25) is 0 Å². The second kappa shape index (κ2) is 8.12. The van der Waals surface area contributed by atoms with Crippen LogP contribution in [0.15, 0.2) is 30.3 Å². The van der Waals surface area contributed by atoms with Crippen LogP contribution in [0.1, 0.15) is 18.4 Å². The van der Waals surface area contributed by atoms with E-state index in [2.05, 4.69) is 39.8 Å². The lowest BCUT2D eigenvalue weighted by molar-refractivity contribution is 0.180. The molecule has 0 aromatic heterocycles. The van der Waals surface area contributed by atoms with Crippen molar-refractivity contribution in [1.82, 2.24) is 15.5 Å². The fourth-order valence-corrected chi connectivity index (χ4v) is 2.65. The van der Waals surface area contributed by atoms with Crippen LogP contribution < -0.4 is 10.6 Å². The molecule has 20 heavy (non-hydrogen) atoms. The highest BCUT2D eigenvalue weighted by Gasteiger charge is 2.21. The number of nitrogens with one attached hydrogen (secondary N) is 2. The van der Waals surface area contributed by atoms with E-state index in [1.807, 2.05) is 6.07 Å². The van der Waals surface area contributed by atoms with E-state index in [0.717, 1.165) is 32.5 Å². The summed E-state index contributed by atoms with van der Waals surface area (Å²) in [4.78, 5) is 14.0. The quantitative estimate of drug-likeness (QED) is 0.818. The van der Waals surface area contributed by atoms with E-state index in [-0.39, 0.29) is 12.1 Å². The van der Waals surface area contributed by atoms with Crippen LogP contribution in [0.25, 0.3) is 0 Å². The van der Waals surface area contributed by atoms with Crippen molar-refractivity contribution in [2.75, 3.05) is 25.5 Å². The number of hydrogen-bond donors (Lipinski definition) is 2. The van der Waals surface area contributed by atoms with E-state index >= 15 is 0 Å². The number of hydrogen-bond acceptors (Lipinski definition) is 2. The third-order valence-corrected chi connectivity index (χ3v) is 3.66. The third-order valence-electron chi connectivity index (χ3n) is 3.47.